The molecule has 0 bridgehead atoms. The van der Waals surface area contributed by atoms with Crippen molar-refractivity contribution >= 4 is 27.3 Å². The average Bonchev–Trinajstić information content (AvgIpc) is 3.02. The van der Waals surface area contributed by atoms with Crippen molar-refractivity contribution in [2.75, 3.05) is 23.3 Å². The number of carbonyl (C=O) groups is 1. The van der Waals surface area contributed by atoms with Crippen molar-refractivity contribution in [2.45, 2.75) is 24.7 Å². The van der Waals surface area contributed by atoms with Crippen LogP contribution in [0.2, 0.25) is 0 Å². The zero-order valence-corrected chi connectivity index (χ0v) is 15.3. The van der Waals surface area contributed by atoms with Gasteiger partial charge in [-0.15, -0.1) is 0 Å². The topological polar surface area (TPSA) is 95.9 Å². The third-order valence-electron chi connectivity index (χ3n) is 4.20. The Morgan fingerprint density at radius 3 is 2.62 bits per heavy atom. The second-order valence-corrected chi connectivity index (χ2v) is 7.76. The van der Waals surface area contributed by atoms with Crippen molar-refractivity contribution in [1.29, 1.82) is 0 Å². The Hall–Kier alpha value is -2.74. The second kappa shape index (κ2) is 6.87. The lowest BCUT2D eigenvalue weighted by molar-refractivity contribution is -0.117. The molecule has 2 aromatic carbocycles. The molecule has 26 heavy (non-hydrogen) atoms. The standard InChI is InChI=1S/C18H20N2O5S/c1-12-5-8-15(21)17(10-12)26(23,24)19-13-6-7-14(16(11-13)25-2)20-9-3-4-18(20)22/h5-8,10-11,19,21H,3-4,9H2,1-2H3. The van der Waals surface area contributed by atoms with Gasteiger partial charge in [0.1, 0.15) is 16.4 Å². The van der Waals surface area contributed by atoms with Crippen molar-refractivity contribution < 1.29 is 23.1 Å². The van der Waals surface area contributed by atoms with Crippen LogP contribution in [0.15, 0.2) is 41.3 Å². The lowest BCUT2D eigenvalue weighted by Gasteiger charge is -2.20. The average molecular weight is 376 g/mol. The Kier molecular flexibility index (Phi) is 4.78. The lowest BCUT2D eigenvalue weighted by Crippen LogP contribution is -2.24. The van der Waals surface area contributed by atoms with Crippen molar-refractivity contribution in [3.8, 4) is 11.5 Å². The number of sulfonamides is 1. The Balaban J connectivity index is 1.92. The molecule has 8 heteroatoms. The number of ether oxygens (including phenoxy) is 1. The van der Waals surface area contributed by atoms with Crippen molar-refractivity contribution in [3.63, 3.8) is 0 Å². The van der Waals surface area contributed by atoms with Crippen molar-refractivity contribution in [1.82, 2.24) is 0 Å². The summed E-state index contributed by atoms with van der Waals surface area (Å²) < 4.78 is 32.9. The molecule has 1 fully saturated rings. The number of anilines is 2. The number of rotatable bonds is 5. The van der Waals surface area contributed by atoms with E-state index in [0.717, 1.165) is 6.42 Å². The first-order valence-electron chi connectivity index (χ1n) is 8.12. The van der Waals surface area contributed by atoms with Crippen LogP contribution in [0.25, 0.3) is 0 Å². The minimum atomic E-state index is -3.97. The smallest absolute Gasteiger partial charge is 0.265 e. The maximum Gasteiger partial charge on any atom is 0.265 e. The number of phenols is 1. The predicted octanol–water partition coefficient (Wildman–Crippen LogP) is 2.64. The molecule has 1 amide bonds. The number of aromatic hydroxyl groups is 1. The summed E-state index contributed by atoms with van der Waals surface area (Å²) in [4.78, 5) is 13.4. The van der Waals surface area contributed by atoms with E-state index in [1.165, 1.54) is 25.3 Å². The number of amides is 1. The molecule has 0 radical (unpaired) electrons. The first-order valence-corrected chi connectivity index (χ1v) is 9.61. The monoisotopic (exact) mass is 376 g/mol. The molecule has 3 rings (SSSR count). The fraction of sp³-hybridized carbons (Fsp3) is 0.278. The first-order chi connectivity index (χ1) is 12.3. The maximum atomic E-state index is 12.6. The van der Waals surface area contributed by atoms with Crippen LogP contribution in [0.4, 0.5) is 11.4 Å². The third kappa shape index (κ3) is 3.45. The van der Waals surface area contributed by atoms with Crippen LogP contribution in [0, 0.1) is 6.92 Å². The van der Waals surface area contributed by atoms with E-state index in [1.54, 1.807) is 30.0 Å². The van der Waals surface area contributed by atoms with Crippen molar-refractivity contribution in [3.05, 3.63) is 42.0 Å². The van der Waals surface area contributed by atoms with Crippen LogP contribution in [0.5, 0.6) is 11.5 Å². The van der Waals surface area contributed by atoms with Gasteiger partial charge in [0.05, 0.1) is 18.5 Å². The van der Waals surface area contributed by atoms with Gasteiger partial charge in [0.25, 0.3) is 10.0 Å². The molecular weight excluding hydrogens is 356 g/mol. The van der Waals surface area contributed by atoms with E-state index in [4.69, 9.17) is 4.74 Å². The minimum absolute atomic E-state index is 0.0151. The van der Waals surface area contributed by atoms with Crippen LogP contribution in [-0.2, 0) is 14.8 Å². The lowest BCUT2D eigenvalue weighted by atomic mass is 10.2. The number of nitrogens with zero attached hydrogens (tertiary/aromatic N) is 1. The summed E-state index contributed by atoms with van der Waals surface area (Å²) in [5.74, 6) is 0.0876. The summed E-state index contributed by atoms with van der Waals surface area (Å²) in [5, 5.41) is 9.88. The van der Waals surface area contributed by atoms with Crippen LogP contribution in [0.3, 0.4) is 0 Å². The van der Waals surface area contributed by atoms with Crippen LogP contribution >= 0.6 is 0 Å². The summed E-state index contributed by atoms with van der Waals surface area (Å²) in [6.07, 6.45) is 1.27. The normalized spacial score (nSPS) is 14.5. The van der Waals surface area contributed by atoms with Gasteiger partial charge in [0.2, 0.25) is 5.91 Å². The molecule has 0 aromatic heterocycles. The molecule has 0 saturated carbocycles. The van der Waals surface area contributed by atoms with Crippen LogP contribution in [-0.4, -0.2) is 33.1 Å². The van der Waals surface area contributed by atoms with Gasteiger partial charge < -0.3 is 14.7 Å². The highest BCUT2D eigenvalue weighted by Gasteiger charge is 2.25. The number of hydrogen-bond acceptors (Lipinski definition) is 5. The first kappa shape index (κ1) is 18.1. The molecule has 1 saturated heterocycles. The molecule has 1 aliphatic rings. The molecule has 0 aliphatic carbocycles. The van der Waals surface area contributed by atoms with E-state index in [9.17, 15) is 18.3 Å². The van der Waals surface area contributed by atoms with E-state index in [0.29, 0.717) is 30.0 Å². The van der Waals surface area contributed by atoms with E-state index in [-0.39, 0.29) is 22.2 Å². The highest BCUT2D eigenvalue weighted by molar-refractivity contribution is 7.92. The van der Waals surface area contributed by atoms with Crippen LogP contribution in [0.1, 0.15) is 18.4 Å². The number of hydrogen-bond donors (Lipinski definition) is 2. The second-order valence-electron chi connectivity index (χ2n) is 6.11. The van der Waals surface area contributed by atoms with E-state index in [2.05, 4.69) is 4.72 Å². The summed E-state index contributed by atoms with van der Waals surface area (Å²) in [6, 6.07) is 9.09. The number of benzene rings is 2. The highest BCUT2D eigenvalue weighted by Crippen LogP contribution is 2.35. The minimum Gasteiger partial charge on any atom is -0.507 e. The Morgan fingerprint density at radius 1 is 1.19 bits per heavy atom. The molecule has 138 valence electrons. The Labute approximate surface area is 152 Å². The molecule has 1 aliphatic heterocycles. The van der Waals surface area contributed by atoms with Crippen LogP contribution < -0.4 is 14.4 Å². The molecule has 2 aromatic rings. The molecule has 0 atom stereocenters. The molecular formula is C18H20N2O5S. The third-order valence-corrected chi connectivity index (χ3v) is 5.61. The number of methoxy groups -OCH3 is 1. The predicted molar refractivity (Wildman–Crippen MR) is 98.2 cm³/mol. The fourth-order valence-electron chi connectivity index (χ4n) is 2.91. The van der Waals surface area contributed by atoms with Gasteiger partial charge in [-0.05, 0) is 43.2 Å². The number of aryl methyl sites for hydroxylation is 1. The number of nitrogens with one attached hydrogen (secondary N) is 1. The van der Waals surface area contributed by atoms with Gasteiger partial charge in [-0.1, -0.05) is 6.07 Å². The molecule has 1 heterocycles. The summed E-state index contributed by atoms with van der Waals surface area (Å²) in [6.45, 7) is 2.35. The SMILES string of the molecule is COc1cc(NS(=O)(=O)c2cc(C)ccc2O)ccc1N1CCCC1=O. The van der Waals surface area contributed by atoms with Crippen molar-refractivity contribution in [2.24, 2.45) is 0 Å². The Morgan fingerprint density at radius 2 is 1.96 bits per heavy atom. The Bertz CT molecular complexity index is 956. The molecule has 2 N–H and O–H groups in total. The zero-order chi connectivity index (χ0) is 18.9. The quantitative estimate of drug-likeness (QED) is 0.836. The maximum absolute atomic E-state index is 12.6. The summed E-state index contributed by atoms with van der Waals surface area (Å²) >= 11 is 0. The molecule has 0 spiro atoms. The van der Waals surface area contributed by atoms with E-state index >= 15 is 0 Å². The van der Waals surface area contributed by atoms with E-state index in [1.807, 2.05) is 0 Å². The fourth-order valence-corrected chi connectivity index (χ4v) is 4.15. The van der Waals surface area contributed by atoms with Gasteiger partial charge in [-0.3, -0.25) is 9.52 Å². The number of phenolic OH excluding ortho intramolecular Hbond substituents is 1. The van der Waals surface area contributed by atoms with Gasteiger partial charge >= 0.3 is 0 Å². The zero-order valence-electron chi connectivity index (χ0n) is 14.5. The summed E-state index contributed by atoms with van der Waals surface area (Å²) in [7, 11) is -2.51. The highest BCUT2D eigenvalue weighted by atomic mass is 32.2. The van der Waals surface area contributed by atoms with Gasteiger partial charge in [0.15, 0.2) is 0 Å². The van der Waals surface area contributed by atoms with Gasteiger partial charge in [-0.2, -0.15) is 0 Å². The molecule has 0 unspecified atom stereocenters. The van der Waals surface area contributed by atoms with E-state index < -0.39 is 10.0 Å². The van der Waals surface area contributed by atoms with Gasteiger partial charge in [-0.25, -0.2) is 8.42 Å². The van der Waals surface area contributed by atoms with Gasteiger partial charge in [0, 0.05) is 19.0 Å². The summed E-state index contributed by atoms with van der Waals surface area (Å²) in [5.41, 5.74) is 1.60. The molecule has 7 nitrogen and oxygen atoms in total. The number of carbonyl (C=O) groups excluding carboxylic acids is 1. The largest absolute Gasteiger partial charge is 0.507 e.